The zero-order chi connectivity index (χ0) is 9.26. The quantitative estimate of drug-likeness (QED) is 0.696. The molecular weight excluding hydrogens is 184 g/mol. The Morgan fingerprint density at radius 3 is 3.23 bits per heavy atom. The van der Waals surface area contributed by atoms with Gasteiger partial charge in [0.05, 0.1) is 12.1 Å². The van der Waals surface area contributed by atoms with Gasteiger partial charge in [0.1, 0.15) is 0 Å². The van der Waals surface area contributed by atoms with Crippen LogP contribution in [0.4, 0.5) is 4.79 Å². The molecule has 13 heavy (non-hydrogen) atoms. The van der Waals surface area contributed by atoms with Gasteiger partial charge in [-0.1, -0.05) is 13.3 Å². The predicted molar refractivity (Wildman–Crippen MR) is 55.0 cm³/mol. The standard InChI is InChI=1S/C9H16N2OS/c1-2-3-4-11-8-6-13-5-7(8)10-9(11)12/h7-8H,2-6H2,1H3,(H,10,12). The van der Waals surface area contributed by atoms with E-state index in [4.69, 9.17) is 0 Å². The lowest BCUT2D eigenvalue weighted by molar-refractivity contribution is 0.206. The summed E-state index contributed by atoms with van der Waals surface area (Å²) in [5.74, 6) is 2.21. The fourth-order valence-electron chi connectivity index (χ4n) is 1.98. The van der Waals surface area contributed by atoms with Gasteiger partial charge in [-0.25, -0.2) is 4.79 Å². The van der Waals surface area contributed by atoms with Gasteiger partial charge in [0.15, 0.2) is 0 Å². The number of thioether (sulfide) groups is 1. The molecule has 2 saturated heterocycles. The number of nitrogens with zero attached hydrogens (tertiary/aromatic N) is 1. The second-order valence-corrected chi connectivity index (χ2v) is 4.78. The summed E-state index contributed by atoms with van der Waals surface area (Å²) in [5, 5.41) is 3.04. The second kappa shape index (κ2) is 3.78. The third-order valence-electron chi connectivity index (χ3n) is 2.77. The number of carbonyl (C=O) groups excluding carboxylic acids is 1. The number of nitrogens with one attached hydrogen (secondary N) is 1. The highest BCUT2D eigenvalue weighted by atomic mass is 32.2. The molecule has 2 aliphatic rings. The Kier molecular flexibility index (Phi) is 2.67. The molecule has 0 aromatic rings. The smallest absolute Gasteiger partial charge is 0.318 e. The molecular formula is C9H16N2OS. The van der Waals surface area contributed by atoms with Crippen molar-refractivity contribution in [3.05, 3.63) is 0 Å². The number of rotatable bonds is 3. The van der Waals surface area contributed by atoms with Gasteiger partial charge in [-0.3, -0.25) is 0 Å². The van der Waals surface area contributed by atoms with Gasteiger partial charge in [0.25, 0.3) is 0 Å². The molecule has 3 nitrogen and oxygen atoms in total. The van der Waals surface area contributed by atoms with Crippen molar-refractivity contribution in [2.75, 3.05) is 18.1 Å². The van der Waals surface area contributed by atoms with Crippen LogP contribution in [0.5, 0.6) is 0 Å². The van der Waals surface area contributed by atoms with Crippen LogP contribution in [0, 0.1) is 0 Å². The average molecular weight is 200 g/mol. The summed E-state index contributed by atoms with van der Waals surface area (Å²) in [5.41, 5.74) is 0. The van der Waals surface area contributed by atoms with Crippen LogP contribution in [-0.4, -0.2) is 41.1 Å². The number of carbonyl (C=O) groups is 1. The summed E-state index contributed by atoms with van der Waals surface area (Å²) in [7, 11) is 0. The molecule has 0 radical (unpaired) electrons. The first-order chi connectivity index (χ1) is 6.33. The first-order valence-corrected chi connectivity index (χ1v) is 6.13. The molecule has 2 fully saturated rings. The van der Waals surface area contributed by atoms with E-state index in [9.17, 15) is 4.79 Å². The Balaban J connectivity index is 1.96. The fourth-order valence-corrected chi connectivity index (χ4v) is 3.33. The third kappa shape index (κ3) is 1.64. The Morgan fingerprint density at radius 2 is 2.46 bits per heavy atom. The van der Waals surface area contributed by atoms with Crippen molar-refractivity contribution < 1.29 is 4.79 Å². The van der Waals surface area contributed by atoms with Crippen molar-refractivity contribution >= 4 is 17.8 Å². The maximum atomic E-state index is 11.5. The molecule has 2 atom stereocenters. The van der Waals surface area contributed by atoms with Crippen molar-refractivity contribution in [1.29, 1.82) is 0 Å². The molecule has 0 spiro atoms. The average Bonchev–Trinajstić information content (AvgIpc) is 2.62. The summed E-state index contributed by atoms with van der Waals surface area (Å²) in [4.78, 5) is 13.5. The molecule has 2 heterocycles. The first-order valence-electron chi connectivity index (χ1n) is 4.98. The van der Waals surface area contributed by atoms with Crippen LogP contribution in [0.3, 0.4) is 0 Å². The minimum absolute atomic E-state index is 0.156. The maximum Gasteiger partial charge on any atom is 0.318 e. The van der Waals surface area contributed by atoms with E-state index in [-0.39, 0.29) is 6.03 Å². The van der Waals surface area contributed by atoms with Crippen molar-refractivity contribution in [2.24, 2.45) is 0 Å². The van der Waals surface area contributed by atoms with Crippen LogP contribution in [0.1, 0.15) is 19.8 Å². The molecule has 4 heteroatoms. The molecule has 2 aliphatic heterocycles. The van der Waals surface area contributed by atoms with Crippen LogP contribution in [-0.2, 0) is 0 Å². The van der Waals surface area contributed by atoms with Crippen molar-refractivity contribution in [2.45, 2.75) is 31.8 Å². The Morgan fingerprint density at radius 1 is 1.62 bits per heavy atom. The zero-order valence-corrected chi connectivity index (χ0v) is 8.77. The van der Waals surface area contributed by atoms with Crippen LogP contribution in [0.2, 0.25) is 0 Å². The van der Waals surface area contributed by atoms with E-state index < -0.39 is 0 Å². The minimum atomic E-state index is 0.156. The molecule has 2 amide bonds. The Bertz CT molecular complexity index is 210. The lowest BCUT2D eigenvalue weighted by Gasteiger charge is -2.20. The Hall–Kier alpha value is -0.380. The van der Waals surface area contributed by atoms with Gasteiger partial charge >= 0.3 is 6.03 Å². The van der Waals surface area contributed by atoms with Crippen LogP contribution >= 0.6 is 11.8 Å². The highest BCUT2D eigenvalue weighted by Crippen LogP contribution is 2.27. The molecule has 0 saturated carbocycles. The number of unbranched alkanes of at least 4 members (excludes halogenated alkanes) is 1. The van der Waals surface area contributed by atoms with E-state index >= 15 is 0 Å². The number of amides is 2. The number of hydrogen-bond donors (Lipinski definition) is 1. The normalized spacial score (nSPS) is 32.1. The minimum Gasteiger partial charge on any atom is -0.332 e. The summed E-state index contributed by atoms with van der Waals surface area (Å²) in [6, 6.07) is 1.06. The van der Waals surface area contributed by atoms with Gasteiger partial charge in [-0.2, -0.15) is 11.8 Å². The van der Waals surface area contributed by atoms with E-state index in [1.807, 2.05) is 16.7 Å². The van der Waals surface area contributed by atoms with Crippen LogP contribution in [0.25, 0.3) is 0 Å². The number of fused-ring (bicyclic) bond motifs is 1. The molecule has 0 aromatic heterocycles. The summed E-state index contributed by atoms with van der Waals surface area (Å²) < 4.78 is 0. The van der Waals surface area contributed by atoms with E-state index in [1.165, 1.54) is 0 Å². The summed E-state index contributed by atoms with van der Waals surface area (Å²) in [6.45, 7) is 3.10. The second-order valence-electron chi connectivity index (χ2n) is 3.71. The molecule has 74 valence electrons. The predicted octanol–water partition coefficient (Wildman–Crippen LogP) is 1.30. The van der Waals surface area contributed by atoms with E-state index in [2.05, 4.69) is 12.2 Å². The van der Waals surface area contributed by atoms with E-state index in [1.54, 1.807) is 0 Å². The lowest BCUT2D eigenvalue weighted by Crippen LogP contribution is -2.36. The SMILES string of the molecule is CCCCN1C(=O)NC2CSCC21. The number of urea groups is 1. The van der Waals surface area contributed by atoms with E-state index in [0.29, 0.717) is 12.1 Å². The van der Waals surface area contributed by atoms with Gasteiger partial charge in [0, 0.05) is 18.1 Å². The largest absolute Gasteiger partial charge is 0.332 e. The third-order valence-corrected chi connectivity index (χ3v) is 3.95. The highest BCUT2D eigenvalue weighted by Gasteiger charge is 2.41. The van der Waals surface area contributed by atoms with Gasteiger partial charge in [-0.05, 0) is 6.42 Å². The van der Waals surface area contributed by atoms with Crippen molar-refractivity contribution in [1.82, 2.24) is 10.2 Å². The molecule has 0 aliphatic carbocycles. The van der Waals surface area contributed by atoms with E-state index in [0.717, 1.165) is 30.9 Å². The molecule has 2 unspecified atom stereocenters. The maximum absolute atomic E-state index is 11.5. The Labute approximate surface area is 83.2 Å². The van der Waals surface area contributed by atoms with Gasteiger partial charge < -0.3 is 10.2 Å². The summed E-state index contributed by atoms with van der Waals surface area (Å²) >= 11 is 1.95. The van der Waals surface area contributed by atoms with Gasteiger partial charge in [0.2, 0.25) is 0 Å². The van der Waals surface area contributed by atoms with Gasteiger partial charge in [-0.15, -0.1) is 0 Å². The monoisotopic (exact) mass is 200 g/mol. The molecule has 0 bridgehead atoms. The van der Waals surface area contributed by atoms with Crippen LogP contribution in [0.15, 0.2) is 0 Å². The van der Waals surface area contributed by atoms with Crippen molar-refractivity contribution in [3.63, 3.8) is 0 Å². The number of hydrogen-bond acceptors (Lipinski definition) is 2. The van der Waals surface area contributed by atoms with Crippen LogP contribution < -0.4 is 5.32 Å². The molecule has 2 rings (SSSR count). The highest BCUT2D eigenvalue weighted by molar-refractivity contribution is 7.99. The topological polar surface area (TPSA) is 32.3 Å². The van der Waals surface area contributed by atoms with Crippen molar-refractivity contribution in [3.8, 4) is 0 Å². The first kappa shape index (κ1) is 9.19. The molecule has 0 aromatic carbocycles. The fraction of sp³-hybridized carbons (Fsp3) is 0.889. The zero-order valence-electron chi connectivity index (χ0n) is 7.95. The summed E-state index contributed by atoms with van der Waals surface area (Å²) in [6.07, 6.45) is 2.29. The molecule has 1 N–H and O–H groups in total. The lowest BCUT2D eigenvalue weighted by atomic mass is 10.2.